The highest BCUT2D eigenvalue weighted by molar-refractivity contribution is 5.69. The Bertz CT molecular complexity index is 1150. The number of nitrogens with zero attached hydrogens (tertiary/aromatic N) is 2. The van der Waals surface area contributed by atoms with Gasteiger partial charge in [-0.05, 0) is 61.2 Å². The predicted molar refractivity (Wildman–Crippen MR) is 133 cm³/mol. The van der Waals surface area contributed by atoms with Crippen LogP contribution in [0.4, 0.5) is 4.79 Å². The summed E-state index contributed by atoms with van der Waals surface area (Å²) in [6.45, 7) is 3.21. The molecular weight excluding hydrogens is 458 g/mol. The molecule has 0 saturated carbocycles. The van der Waals surface area contributed by atoms with Crippen LogP contribution < -0.4 is 10.1 Å². The predicted octanol–water partition coefficient (Wildman–Crippen LogP) is 3.55. The van der Waals surface area contributed by atoms with Crippen LogP contribution in [0.1, 0.15) is 47.6 Å². The number of benzene rings is 2. The van der Waals surface area contributed by atoms with Gasteiger partial charge in [0.25, 0.3) is 0 Å². The molecule has 3 aromatic rings. The van der Waals surface area contributed by atoms with Crippen molar-refractivity contribution in [2.75, 3.05) is 19.6 Å². The summed E-state index contributed by atoms with van der Waals surface area (Å²) >= 11 is 0. The number of aliphatic hydroxyl groups is 2. The lowest BCUT2D eigenvalue weighted by Crippen LogP contribution is -2.52. The van der Waals surface area contributed by atoms with Crippen LogP contribution in [0.15, 0.2) is 72.9 Å². The normalized spacial score (nSPS) is 21.7. The van der Waals surface area contributed by atoms with Gasteiger partial charge in [-0.2, -0.15) is 0 Å². The lowest BCUT2D eigenvalue weighted by molar-refractivity contribution is -0.0427. The van der Waals surface area contributed by atoms with E-state index in [-0.39, 0.29) is 12.7 Å². The van der Waals surface area contributed by atoms with E-state index in [0.29, 0.717) is 22.9 Å². The molecule has 6 rings (SSSR count). The SMILES string of the molecule is O=C(N[C@@H](c1ccccc1)c1cccc(OCc2ccc(C(O)O)cn2)c1)O[C@H]1CN2CCC1CC2. The molecule has 2 aromatic carbocycles. The maximum atomic E-state index is 13.0. The molecule has 0 aliphatic carbocycles. The number of hydrogen-bond acceptors (Lipinski definition) is 7. The summed E-state index contributed by atoms with van der Waals surface area (Å²) in [5, 5.41) is 21.5. The molecule has 8 heteroatoms. The summed E-state index contributed by atoms with van der Waals surface area (Å²) < 4.78 is 11.8. The van der Waals surface area contributed by atoms with Crippen LogP contribution in [-0.4, -0.2) is 51.9 Å². The van der Waals surface area contributed by atoms with Gasteiger partial charge in [0.1, 0.15) is 18.5 Å². The standard InChI is InChI=1S/C28H31N3O5/c32-27(33)22-9-10-23(29-16-22)18-35-24-8-4-7-21(15-24)26(20-5-2-1-3-6-20)30-28(34)36-25-17-31-13-11-19(25)12-14-31/h1-10,15-16,19,25-27,32-33H,11-14,17-18H2,(H,30,34)/t25-,26-/m0/s1. The maximum Gasteiger partial charge on any atom is 0.408 e. The molecule has 3 fully saturated rings. The Morgan fingerprint density at radius 3 is 2.44 bits per heavy atom. The smallest absolute Gasteiger partial charge is 0.408 e. The van der Waals surface area contributed by atoms with Gasteiger partial charge in [0.15, 0.2) is 6.29 Å². The van der Waals surface area contributed by atoms with Crippen LogP contribution in [0.25, 0.3) is 0 Å². The van der Waals surface area contributed by atoms with E-state index in [9.17, 15) is 15.0 Å². The van der Waals surface area contributed by atoms with Gasteiger partial charge >= 0.3 is 6.09 Å². The van der Waals surface area contributed by atoms with Gasteiger partial charge in [-0.25, -0.2) is 4.79 Å². The van der Waals surface area contributed by atoms with E-state index in [1.54, 1.807) is 12.1 Å². The minimum atomic E-state index is -1.55. The number of hydrogen-bond donors (Lipinski definition) is 3. The van der Waals surface area contributed by atoms with Gasteiger partial charge in [-0.3, -0.25) is 9.88 Å². The fourth-order valence-corrected chi connectivity index (χ4v) is 4.95. The molecule has 0 spiro atoms. The fourth-order valence-electron chi connectivity index (χ4n) is 4.95. The van der Waals surface area contributed by atoms with E-state index < -0.39 is 18.4 Å². The van der Waals surface area contributed by atoms with Crippen LogP contribution in [0.5, 0.6) is 5.75 Å². The molecule has 1 aromatic heterocycles. The molecule has 3 aliphatic heterocycles. The van der Waals surface area contributed by atoms with Crippen molar-refractivity contribution in [2.24, 2.45) is 5.92 Å². The maximum absolute atomic E-state index is 13.0. The molecule has 0 unspecified atom stereocenters. The number of pyridine rings is 1. The number of aromatic nitrogens is 1. The zero-order chi connectivity index (χ0) is 24.9. The summed E-state index contributed by atoms with van der Waals surface area (Å²) in [4.78, 5) is 19.6. The molecule has 2 atom stereocenters. The van der Waals surface area contributed by atoms with Crippen molar-refractivity contribution < 1.29 is 24.5 Å². The molecule has 36 heavy (non-hydrogen) atoms. The second kappa shape index (κ2) is 11.1. The first kappa shape index (κ1) is 24.2. The first-order valence-corrected chi connectivity index (χ1v) is 12.3. The van der Waals surface area contributed by atoms with Crippen LogP contribution >= 0.6 is 0 Å². The number of fused-ring (bicyclic) bond motifs is 3. The molecule has 8 nitrogen and oxygen atoms in total. The van der Waals surface area contributed by atoms with Crippen LogP contribution in [-0.2, 0) is 11.3 Å². The van der Waals surface area contributed by atoms with E-state index in [2.05, 4.69) is 15.2 Å². The highest BCUT2D eigenvalue weighted by Crippen LogP contribution is 2.30. The molecule has 1 amide bonds. The van der Waals surface area contributed by atoms with Gasteiger partial charge in [0.05, 0.1) is 11.7 Å². The number of ether oxygens (including phenoxy) is 2. The number of carbonyl (C=O) groups is 1. The van der Waals surface area contributed by atoms with Crippen molar-refractivity contribution in [1.29, 1.82) is 0 Å². The Kier molecular flexibility index (Phi) is 7.46. The Morgan fingerprint density at radius 1 is 1.00 bits per heavy atom. The summed E-state index contributed by atoms with van der Waals surface area (Å²) in [5.74, 6) is 1.07. The van der Waals surface area contributed by atoms with Gasteiger partial charge in [0, 0.05) is 18.3 Å². The van der Waals surface area contributed by atoms with Gasteiger partial charge < -0.3 is 25.0 Å². The third kappa shape index (κ3) is 5.84. The highest BCUT2D eigenvalue weighted by atomic mass is 16.6. The third-order valence-electron chi connectivity index (χ3n) is 6.97. The average Bonchev–Trinajstić information content (AvgIpc) is 2.92. The topological polar surface area (TPSA) is 104 Å². The molecule has 4 heterocycles. The number of carbonyl (C=O) groups excluding carboxylic acids is 1. The zero-order valence-electron chi connectivity index (χ0n) is 20.0. The van der Waals surface area contributed by atoms with E-state index >= 15 is 0 Å². The minimum absolute atomic E-state index is 0.0653. The van der Waals surface area contributed by atoms with E-state index in [0.717, 1.165) is 43.6 Å². The average molecular weight is 490 g/mol. The number of aliphatic hydroxyl groups excluding tert-OH is 1. The summed E-state index contributed by atoms with van der Waals surface area (Å²) in [7, 11) is 0. The second-order valence-corrected chi connectivity index (χ2v) is 9.39. The number of rotatable bonds is 8. The van der Waals surface area contributed by atoms with Gasteiger partial charge in [-0.15, -0.1) is 0 Å². The second-order valence-electron chi connectivity index (χ2n) is 9.39. The molecule has 0 radical (unpaired) electrons. The number of alkyl carbamates (subject to hydrolysis) is 1. The van der Waals surface area contributed by atoms with Gasteiger partial charge in [-0.1, -0.05) is 48.5 Å². The van der Waals surface area contributed by atoms with E-state index in [4.69, 9.17) is 9.47 Å². The largest absolute Gasteiger partial charge is 0.487 e. The Hall–Kier alpha value is -3.46. The van der Waals surface area contributed by atoms with Crippen molar-refractivity contribution in [2.45, 2.75) is 37.9 Å². The molecule has 188 valence electrons. The van der Waals surface area contributed by atoms with Crippen LogP contribution in [0.2, 0.25) is 0 Å². The van der Waals surface area contributed by atoms with Crippen molar-refractivity contribution in [3.8, 4) is 5.75 Å². The molecule has 3 N–H and O–H groups in total. The summed E-state index contributed by atoms with van der Waals surface area (Å²) in [5.41, 5.74) is 2.79. The zero-order valence-corrected chi connectivity index (χ0v) is 20.0. The molecular formula is C28H31N3O5. The van der Waals surface area contributed by atoms with Gasteiger partial charge in [0.2, 0.25) is 0 Å². The molecule has 2 bridgehead atoms. The monoisotopic (exact) mass is 489 g/mol. The van der Waals surface area contributed by atoms with Crippen LogP contribution in [0.3, 0.4) is 0 Å². The quantitative estimate of drug-likeness (QED) is 0.416. The van der Waals surface area contributed by atoms with E-state index in [1.807, 2.05) is 54.6 Å². The summed E-state index contributed by atoms with van der Waals surface area (Å²) in [6.07, 6.45) is 1.54. The fraction of sp³-hybridized carbons (Fsp3) is 0.357. The minimum Gasteiger partial charge on any atom is -0.487 e. The first-order chi connectivity index (χ1) is 17.5. The Labute approximate surface area is 210 Å². The van der Waals surface area contributed by atoms with Crippen molar-refractivity contribution in [3.63, 3.8) is 0 Å². The lowest BCUT2D eigenvalue weighted by Gasteiger charge is -2.43. The number of nitrogens with one attached hydrogen (secondary N) is 1. The Morgan fingerprint density at radius 2 is 1.78 bits per heavy atom. The van der Waals surface area contributed by atoms with Crippen LogP contribution in [0, 0.1) is 5.92 Å². The van der Waals surface area contributed by atoms with E-state index in [1.165, 1.54) is 6.20 Å². The number of piperidine rings is 3. The lowest BCUT2D eigenvalue weighted by atomic mass is 9.86. The summed E-state index contributed by atoms with van der Waals surface area (Å²) in [6, 6.07) is 20.3. The number of amides is 1. The van der Waals surface area contributed by atoms with Crippen molar-refractivity contribution in [1.82, 2.24) is 15.2 Å². The van der Waals surface area contributed by atoms with Crippen molar-refractivity contribution in [3.05, 3.63) is 95.3 Å². The first-order valence-electron chi connectivity index (χ1n) is 12.3. The Balaban J connectivity index is 1.28. The highest BCUT2D eigenvalue weighted by Gasteiger charge is 2.36. The third-order valence-corrected chi connectivity index (χ3v) is 6.97. The molecule has 3 aliphatic rings. The molecule has 3 saturated heterocycles. The van der Waals surface area contributed by atoms with Crippen molar-refractivity contribution >= 4 is 6.09 Å².